The third-order valence-corrected chi connectivity index (χ3v) is 5.26. The van der Waals surface area contributed by atoms with Gasteiger partial charge < -0.3 is 15.6 Å². The molecule has 0 saturated carbocycles. The van der Waals surface area contributed by atoms with E-state index >= 15 is 0 Å². The lowest BCUT2D eigenvalue weighted by molar-refractivity contribution is 0.0561. The van der Waals surface area contributed by atoms with Gasteiger partial charge in [-0.25, -0.2) is 0 Å². The fourth-order valence-corrected chi connectivity index (χ4v) is 4.00. The second-order valence-electron chi connectivity index (χ2n) is 5.00. The van der Waals surface area contributed by atoms with Crippen molar-refractivity contribution < 1.29 is 9.84 Å². The van der Waals surface area contributed by atoms with Crippen molar-refractivity contribution in [2.75, 3.05) is 13.2 Å². The maximum Gasteiger partial charge on any atom is 0.123 e. The number of para-hydroxylation sites is 1. The van der Waals surface area contributed by atoms with Gasteiger partial charge in [-0.05, 0) is 24.6 Å². The lowest BCUT2D eigenvalue weighted by Crippen LogP contribution is -2.44. The summed E-state index contributed by atoms with van der Waals surface area (Å²) in [6, 6.07) is 11.5. The van der Waals surface area contributed by atoms with Gasteiger partial charge in [0.1, 0.15) is 5.75 Å². The molecule has 0 amide bonds. The SMILES string of the molecule is NCC1(C(O)c2ccc(Cl)s2)CCOc2ccccc21. The van der Waals surface area contributed by atoms with E-state index in [9.17, 15) is 5.11 Å². The van der Waals surface area contributed by atoms with Crippen molar-refractivity contribution in [1.29, 1.82) is 0 Å². The lowest BCUT2D eigenvalue weighted by Gasteiger charge is -2.41. The van der Waals surface area contributed by atoms with Crippen molar-refractivity contribution in [3.05, 3.63) is 51.2 Å². The summed E-state index contributed by atoms with van der Waals surface area (Å²) in [7, 11) is 0. The van der Waals surface area contributed by atoms with Crippen LogP contribution in [0.1, 0.15) is 23.0 Å². The Morgan fingerprint density at radius 2 is 2.15 bits per heavy atom. The maximum atomic E-state index is 10.9. The van der Waals surface area contributed by atoms with Crippen molar-refractivity contribution in [2.45, 2.75) is 17.9 Å². The number of fused-ring (bicyclic) bond motifs is 1. The average molecular weight is 310 g/mol. The van der Waals surface area contributed by atoms with Gasteiger partial charge in [0.15, 0.2) is 0 Å². The van der Waals surface area contributed by atoms with E-state index in [1.54, 1.807) is 6.07 Å². The van der Waals surface area contributed by atoms with Crippen molar-refractivity contribution in [3.8, 4) is 5.75 Å². The number of ether oxygens (including phenoxy) is 1. The van der Waals surface area contributed by atoms with Crippen LogP contribution in [0.4, 0.5) is 0 Å². The quantitative estimate of drug-likeness (QED) is 0.916. The van der Waals surface area contributed by atoms with E-state index in [0.717, 1.165) is 16.2 Å². The van der Waals surface area contributed by atoms with E-state index < -0.39 is 11.5 Å². The Morgan fingerprint density at radius 3 is 2.85 bits per heavy atom. The molecule has 3 nitrogen and oxygen atoms in total. The Bertz CT molecular complexity index is 615. The van der Waals surface area contributed by atoms with Crippen LogP contribution in [0.5, 0.6) is 5.75 Å². The zero-order valence-electron chi connectivity index (χ0n) is 10.9. The average Bonchev–Trinajstić information content (AvgIpc) is 2.92. The molecular weight excluding hydrogens is 294 g/mol. The maximum absolute atomic E-state index is 10.9. The van der Waals surface area contributed by atoms with Crippen LogP contribution in [-0.4, -0.2) is 18.3 Å². The first-order valence-electron chi connectivity index (χ1n) is 6.53. The van der Waals surface area contributed by atoms with E-state index in [4.69, 9.17) is 22.1 Å². The molecule has 0 bridgehead atoms. The molecule has 2 atom stereocenters. The highest BCUT2D eigenvalue weighted by molar-refractivity contribution is 7.16. The molecule has 2 aromatic rings. The van der Waals surface area contributed by atoms with Crippen LogP contribution in [0.15, 0.2) is 36.4 Å². The summed E-state index contributed by atoms with van der Waals surface area (Å²) in [5.41, 5.74) is 6.52. The van der Waals surface area contributed by atoms with Crippen molar-refractivity contribution in [2.24, 2.45) is 5.73 Å². The summed E-state index contributed by atoms with van der Waals surface area (Å²) in [5.74, 6) is 0.811. The first-order valence-corrected chi connectivity index (χ1v) is 7.72. The topological polar surface area (TPSA) is 55.5 Å². The highest BCUT2D eigenvalue weighted by Gasteiger charge is 2.44. The molecule has 0 saturated heterocycles. The number of aliphatic hydroxyl groups is 1. The first kappa shape index (κ1) is 13.9. The van der Waals surface area contributed by atoms with Gasteiger partial charge in [0, 0.05) is 22.4 Å². The van der Waals surface area contributed by atoms with Crippen molar-refractivity contribution >= 4 is 22.9 Å². The number of hydrogen-bond acceptors (Lipinski definition) is 4. The van der Waals surface area contributed by atoms with Gasteiger partial charge in [-0.2, -0.15) is 0 Å². The van der Waals surface area contributed by atoms with E-state index in [-0.39, 0.29) is 0 Å². The number of aliphatic hydroxyl groups excluding tert-OH is 1. The minimum Gasteiger partial charge on any atom is -0.493 e. The molecule has 1 aliphatic heterocycles. The second-order valence-corrected chi connectivity index (χ2v) is 6.75. The molecule has 1 aromatic heterocycles. The van der Waals surface area contributed by atoms with Crippen molar-refractivity contribution in [3.63, 3.8) is 0 Å². The van der Waals surface area contributed by atoms with Gasteiger partial charge >= 0.3 is 0 Å². The summed E-state index contributed by atoms with van der Waals surface area (Å²) in [6.07, 6.45) is 0.0204. The molecule has 5 heteroatoms. The molecule has 3 N–H and O–H groups in total. The third-order valence-electron chi connectivity index (χ3n) is 3.98. The fourth-order valence-electron chi connectivity index (χ4n) is 2.84. The Balaban J connectivity index is 2.08. The Labute approximate surface area is 126 Å². The number of halogens is 1. The van der Waals surface area contributed by atoms with E-state index in [1.165, 1.54) is 11.3 Å². The minimum atomic E-state index is -0.671. The van der Waals surface area contributed by atoms with Crippen LogP contribution in [0.25, 0.3) is 0 Å². The number of nitrogens with two attached hydrogens (primary N) is 1. The van der Waals surface area contributed by atoms with Gasteiger partial charge in [0.05, 0.1) is 17.0 Å². The molecule has 2 unspecified atom stereocenters. The molecule has 0 fully saturated rings. The monoisotopic (exact) mass is 309 g/mol. The van der Waals surface area contributed by atoms with E-state index in [0.29, 0.717) is 23.9 Å². The van der Waals surface area contributed by atoms with Gasteiger partial charge in [0.2, 0.25) is 0 Å². The Morgan fingerprint density at radius 1 is 1.35 bits per heavy atom. The first-order chi connectivity index (χ1) is 9.67. The van der Waals surface area contributed by atoms with Crippen LogP contribution in [0.3, 0.4) is 0 Å². The van der Waals surface area contributed by atoms with Crippen LogP contribution >= 0.6 is 22.9 Å². The summed E-state index contributed by atoms with van der Waals surface area (Å²) in [4.78, 5) is 0.845. The zero-order chi connectivity index (χ0) is 14.2. The molecule has 20 heavy (non-hydrogen) atoms. The fraction of sp³-hybridized carbons (Fsp3) is 0.333. The third kappa shape index (κ3) is 2.13. The Hall–Kier alpha value is -1.07. The standard InChI is InChI=1S/C15H16ClNO2S/c16-13-6-5-12(20-13)14(18)15(9-17)7-8-19-11-4-2-1-3-10(11)15/h1-6,14,18H,7-9,17H2. The minimum absolute atomic E-state index is 0.365. The zero-order valence-corrected chi connectivity index (χ0v) is 12.5. The molecule has 1 aromatic carbocycles. The predicted octanol–water partition coefficient (Wildman–Crippen LogP) is 3.11. The van der Waals surface area contributed by atoms with Gasteiger partial charge in [-0.15, -0.1) is 11.3 Å². The molecule has 106 valence electrons. The molecule has 1 aliphatic rings. The number of benzene rings is 1. The van der Waals surface area contributed by atoms with Crippen LogP contribution < -0.4 is 10.5 Å². The smallest absolute Gasteiger partial charge is 0.123 e. The van der Waals surface area contributed by atoms with Gasteiger partial charge in [-0.1, -0.05) is 29.8 Å². The molecule has 0 aliphatic carbocycles. The molecule has 0 radical (unpaired) electrons. The summed E-state index contributed by atoms with van der Waals surface area (Å²) in [6.45, 7) is 0.925. The number of rotatable bonds is 3. The summed E-state index contributed by atoms with van der Waals surface area (Å²) in [5, 5.41) is 10.9. The molecule has 0 spiro atoms. The number of hydrogen-bond donors (Lipinski definition) is 2. The van der Waals surface area contributed by atoms with Crippen LogP contribution in [0, 0.1) is 0 Å². The number of thiophene rings is 1. The predicted molar refractivity (Wildman–Crippen MR) is 81.6 cm³/mol. The van der Waals surface area contributed by atoms with E-state index in [1.807, 2.05) is 30.3 Å². The lowest BCUT2D eigenvalue weighted by atomic mass is 9.71. The molecular formula is C15H16ClNO2S. The van der Waals surface area contributed by atoms with Gasteiger partial charge in [-0.3, -0.25) is 0 Å². The normalized spacial score (nSPS) is 22.9. The summed E-state index contributed by atoms with van der Waals surface area (Å²) < 4.78 is 6.36. The molecule has 2 heterocycles. The van der Waals surface area contributed by atoms with Crippen molar-refractivity contribution in [1.82, 2.24) is 0 Å². The van der Waals surface area contributed by atoms with E-state index in [2.05, 4.69) is 0 Å². The van der Waals surface area contributed by atoms with Crippen LogP contribution in [0.2, 0.25) is 4.34 Å². The molecule has 3 rings (SSSR count). The van der Waals surface area contributed by atoms with Crippen LogP contribution in [-0.2, 0) is 5.41 Å². The Kier molecular flexibility index (Phi) is 3.73. The van der Waals surface area contributed by atoms with Gasteiger partial charge in [0.25, 0.3) is 0 Å². The largest absolute Gasteiger partial charge is 0.493 e. The second kappa shape index (κ2) is 5.37. The highest BCUT2D eigenvalue weighted by atomic mass is 35.5. The summed E-state index contributed by atoms with van der Waals surface area (Å²) >= 11 is 7.38. The highest BCUT2D eigenvalue weighted by Crippen LogP contribution is 2.47.